The predicted octanol–water partition coefficient (Wildman–Crippen LogP) is 7.31. The van der Waals surface area contributed by atoms with E-state index in [1.165, 1.54) is 13.0 Å². The minimum atomic E-state index is -0.503. The predicted molar refractivity (Wildman–Crippen MR) is 212 cm³/mol. The fraction of sp³-hybridized carbons (Fsp3) is 0.286. The van der Waals surface area contributed by atoms with Crippen LogP contribution in [0, 0.1) is 0 Å². The number of nitrogens with zero attached hydrogens (tertiary/aromatic N) is 1. The molecule has 54 heavy (non-hydrogen) atoms. The molecule has 1 aliphatic carbocycles. The Morgan fingerprint density at radius 1 is 1.00 bits per heavy atom. The Morgan fingerprint density at radius 2 is 1.76 bits per heavy atom. The van der Waals surface area contributed by atoms with Crippen molar-refractivity contribution in [2.24, 2.45) is 0 Å². The van der Waals surface area contributed by atoms with Crippen LogP contribution >= 0.6 is 11.8 Å². The Labute approximate surface area is 316 Å². The summed E-state index contributed by atoms with van der Waals surface area (Å²) in [4.78, 5) is 49.3. The van der Waals surface area contributed by atoms with Crippen molar-refractivity contribution < 1.29 is 28.2 Å². The van der Waals surface area contributed by atoms with Crippen LogP contribution in [-0.2, 0) is 22.4 Å². The van der Waals surface area contributed by atoms with E-state index in [1.54, 1.807) is 33.1 Å². The molecular formula is C42H42N4O7S. The number of rotatable bonds is 12. The fourth-order valence-electron chi connectivity index (χ4n) is 7.44. The highest BCUT2D eigenvalue weighted by Gasteiger charge is 2.31. The molecule has 0 radical (unpaired) electrons. The molecule has 2 heterocycles. The molecule has 2 aromatic heterocycles. The zero-order valence-electron chi connectivity index (χ0n) is 30.8. The van der Waals surface area contributed by atoms with E-state index in [0.717, 1.165) is 27.9 Å². The number of aryl methyl sites for hydroxylation is 1. The number of furan rings is 1. The van der Waals surface area contributed by atoms with Crippen LogP contribution in [0.3, 0.4) is 0 Å². The van der Waals surface area contributed by atoms with Gasteiger partial charge in [-0.2, -0.15) is 11.8 Å². The SMILES string of the molecule is COc1cc2c(c(OC)c1OC)-c1cc3c(CC(=O)N[C@@H](CCSC)c4nc5ccccc5[nH]4)c(-c4ccccc4)oc3c(=O)cc1[C@@H](NC(C)=O)CC2. The largest absolute Gasteiger partial charge is 0.493 e. The number of para-hydroxylation sites is 2. The minimum Gasteiger partial charge on any atom is -0.493 e. The summed E-state index contributed by atoms with van der Waals surface area (Å²) in [5.74, 6) is 2.73. The first kappa shape index (κ1) is 36.6. The van der Waals surface area contributed by atoms with E-state index < -0.39 is 6.04 Å². The van der Waals surface area contributed by atoms with Crippen LogP contribution in [0.15, 0.2) is 82.0 Å². The summed E-state index contributed by atoms with van der Waals surface area (Å²) >= 11 is 1.69. The summed E-state index contributed by atoms with van der Waals surface area (Å²) in [6.45, 7) is 1.46. The number of thioether (sulfide) groups is 1. The van der Waals surface area contributed by atoms with Gasteiger partial charge in [0.15, 0.2) is 17.1 Å². The molecule has 3 N–H and O–H groups in total. The van der Waals surface area contributed by atoms with Crippen LogP contribution < -0.4 is 30.3 Å². The number of hydrogen-bond acceptors (Lipinski definition) is 9. The molecule has 4 aromatic carbocycles. The number of carbonyl (C=O) groups excluding carboxylic acids is 2. The van der Waals surface area contributed by atoms with E-state index >= 15 is 0 Å². The maximum absolute atomic E-state index is 14.3. The number of methoxy groups -OCH3 is 3. The first-order valence-electron chi connectivity index (χ1n) is 17.8. The Morgan fingerprint density at radius 3 is 2.46 bits per heavy atom. The lowest BCUT2D eigenvalue weighted by Crippen LogP contribution is -2.31. The first-order chi connectivity index (χ1) is 26.2. The summed E-state index contributed by atoms with van der Waals surface area (Å²) < 4.78 is 24.0. The number of fused-ring (bicyclic) bond motifs is 5. The normalized spacial score (nSPS) is 14.1. The standard InChI is InChI=1S/C42H42N4O7S/c1-23(47)43-30-16-15-25-19-35(50-2)40(51-3)41(52-4)37(25)27-20-28-29(38(24-11-7-6-8-12-24)53-39(28)34(48)21-26(27)30)22-36(49)44-33(17-18-54-5)42-45-31-13-9-10-14-32(31)46-42/h6-14,19-21,30,33H,15-18,22H2,1-5H3,(H,43,47)(H,44,49)(H,45,46)/t30-,33-/m0/s1. The number of benzene rings is 3. The zero-order valence-corrected chi connectivity index (χ0v) is 31.6. The van der Waals surface area contributed by atoms with Crippen molar-refractivity contribution in [3.8, 4) is 39.7 Å². The smallest absolute Gasteiger partial charge is 0.225 e. The van der Waals surface area contributed by atoms with Crippen LogP contribution in [0.5, 0.6) is 17.2 Å². The molecule has 6 aromatic rings. The van der Waals surface area contributed by atoms with Gasteiger partial charge in [-0.05, 0) is 78.3 Å². The Hall–Kier alpha value is -5.75. The zero-order chi connectivity index (χ0) is 37.9. The lowest BCUT2D eigenvalue weighted by molar-refractivity contribution is -0.121. The molecule has 12 heteroatoms. The number of carbonyl (C=O) groups is 2. The average molecular weight is 747 g/mol. The van der Waals surface area contributed by atoms with Crippen LogP contribution in [0.4, 0.5) is 0 Å². The molecule has 0 unspecified atom stereocenters. The Kier molecular flexibility index (Phi) is 10.6. The van der Waals surface area contributed by atoms with E-state index in [-0.39, 0.29) is 35.3 Å². The lowest BCUT2D eigenvalue weighted by atomic mass is 9.94. The molecule has 0 fully saturated rings. The van der Waals surface area contributed by atoms with Crippen LogP contribution in [0.25, 0.3) is 44.5 Å². The van der Waals surface area contributed by atoms with Crippen molar-refractivity contribution in [2.45, 2.75) is 44.7 Å². The second-order valence-corrected chi connectivity index (χ2v) is 14.2. The van der Waals surface area contributed by atoms with Gasteiger partial charge in [-0.1, -0.05) is 42.5 Å². The molecule has 11 nitrogen and oxygen atoms in total. The third-order valence-corrected chi connectivity index (χ3v) is 10.5. The van der Waals surface area contributed by atoms with Crippen molar-refractivity contribution in [1.29, 1.82) is 0 Å². The van der Waals surface area contributed by atoms with Crippen LogP contribution in [0.2, 0.25) is 0 Å². The van der Waals surface area contributed by atoms with E-state index in [9.17, 15) is 14.4 Å². The monoisotopic (exact) mass is 746 g/mol. The summed E-state index contributed by atoms with van der Waals surface area (Å²) in [6.07, 6.45) is 3.65. The maximum atomic E-state index is 14.3. The first-order valence-corrected chi connectivity index (χ1v) is 19.1. The number of ether oxygens (including phenoxy) is 3. The molecule has 0 spiro atoms. The highest BCUT2D eigenvalue weighted by atomic mass is 32.2. The topological polar surface area (TPSA) is 145 Å². The van der Waals surface area contributed by atoms with E-state index in [2.05, 4.69) is 15.6 Å². The Balaban J connectivity index is 1.44. The quantitative estimate of drug-likeness (QED) is 0.117. The van der Waals surface area contributed by atoms with Gasteiger partial charge in [0.1, 0.15) is 11.6 Å². The number of H-pyrrole nitrogens is 1. The second-order valence-electron chi connectivity index (χ2n) is 13.2. The number of hydrogen-bond donors (Lipinski definition) is 3. The number of nitrogens with one attached hydrogen (secondary N) is 3. The van der Waals surface area contributed by atoms with Gasteiger partial charge >= 0.3 is 0 Å². The number of aromatic amines is 1. The molecule has 7 rings (SSSR count). The second kappa shape index (κ2) is 15.7. The molecule has 0 aliphatic heterocycles. The highest BCUT2D eigenvalue weighted by Crippen LogP contribution is 2.51. The van der Waals surface area contributed by atoms with Gasteiger partial charge in [-0.15, -0.1) is 0 Å². The van der Waals surface area contributed by atoms with Gasteiger partial charge in [-0.3, -0.25) is 14.4 Å². The maximum Gasteiger partial charge on any atom is 0.225 e. The summed E-state index contributed by atoms with van der Waals surface area (Å²) in [6, 6.07) is 21.7. The molecule has 1 aliphatic rings. The fourth-order valence-corrected chi connectivity index (χ4v) is 7.91. The highest BCUT2D eigenvalue weighted by molar-refractivity contribution is 7.98. The van der Waals surface area contributed by atoms with Gasteiger partial charge < -0.3 is 34.2 Å². The molecular weight excluding hydrogens is 705 g/mol. The van der Waals surface area contributed by atoms with Crippen LogP contribution in [0.1, 0.15) is 54.4 Å². The molecule has 0 saturated carbocycles. The van der Waals surface area contributed by atoms with Crippen LogP contribution in [-0.4, -0.2) is 55.1 Å². The van der Waals surface area contributed by atoms with Gasteiger partial charge in [0.25, 0.3) is 0 Å². The van der Waals surface area contributed by atoms with Crippen molar-refractivity contribution in [1.82, 2.24) is 20.6 Å². The van der Waals surface area contributed by atoms with Gasteiger partial charge in [0.2, 0.25) is 23.0 Å². The molecule has 2 amide bonds. The van der Waals surface area contributed by atoms with Gasteiger partial charge in [-0.25, -0.2) is 4.98 Å². The minimum absolute atomic E-state index is 0.0868. The number of amides is 2. The average Bonchev–Trinajstić information content (AvgIpc) is 3.69. The molecule has 2 atom stereocenters. The lowest BCUT2D eigenvalue weighted by Gasteiger charge is -2.20. The summed E-state index contributed by atoms with van der Waals surface area (Å²) in [5, 5.41) is 6.77. The van der Waals surface area contributed by atoms with Crippen molar-refractivity contribution >= 4 is 45.6 Å². The summed E-state index contributed by atoms with van der Waals surface area (Å²) in [5.41, 5.74) is 5.55. The third-order valence-electron chi connectivity index (χ3n) is 9.85. The van der Waals surface area contributed by atoms with Crippen molar-refractivity contribution in [3.63, 3.8) is 0 Å². The molecule has 278 valence electrons. The third kappa shape index (κ3) is 7.01. The molecule has 0 bridgehead atoms. The van der Waals surface area contributed by atoms with E-state index in [1.807, 2.05) is 73.0 Å². The van der Waals surface area contributed by atoms with Crippen molar-refractivity contribution in [2.75, 3.05) is 33.3 Å². The summed E-state index contributed by atoms with van der Waals surface area (Å²) in [7, 11) is 4.66. The van der Waals surface area contributed by atoms with Gasteiger partial charge in [0.05, 0.1) is 50.9 Å². The number of imidazole rings is 1. The van der Waals surface area contributed by atoms with E-state index in [4.69, 9.17) is 23.6 Å². The van der Waals surface area contributed by atoms with Crippen molar-refractivity contribution in [3.05, 3.63) is 106 Å². The van der Waals surface area contributed by atoms with Gasteiger partial charge in [0, 0.05) is 29.0 Å². The van der Waals surface area contributed by atoms with E-state index in [0.29, 0.717) is 75.7 Å². The number of aromatic nitrogens is 2. The Bertz CT molecular complexity index is 2390. The molecule has 0 saturated heterocycles.